The highest BCUT2D eigenvalue weighted by Crippen LogP contribution is 2.52. The fraction of sp³-hybridized carbons (Fsp3) is 0.647. The average molecular weight is 633 g/mol. The van der Waals surface area contributed by atoms with Crippen molar-refractivity contribution in [3.63, 3.8) is 0 Å². The molecule has 0 saturated carbocycles. The van der Waals surface area contributed by atoms with Gasteiger partial charge in [-0.05, 0) is 35.4 Å². The van der Waals surface area contributed by atoms with Crippen molar-refractivity contribution in [3.05, 3.63) is 35.0 Å². The lowest BCUT2D eigenvalue weighted by atomic mass is 9.82. The lowest BCUT2D eigenvalue weighted by molar-refractivity contribution is -0.246. The first-order chi connectivity index (χ1) is 16.5. The average Bonchev–Trinajstić information content (AvgIpc) is 2.70. The molecule has 0 saturated heterocycles. The van der Waals surface area contributed by atoms with Gasteiger partial charge in [0.05, 0.1) is 0 Å². The van der Waals surface area contributed by atoms with E-state index in [0.29, 0.717) is 24.1 Å². The SMILES string of the molecule is CC(CC(C)(C)C)c1ccc(OS(=O)(=O)C(F)(F)C(F)(F)C(F)(F)S(=O)(=O)N([O-])S(=O)(=O)C(F)(F)F)cc1. The van der Waals surface area contributed by atoms with Crippen LogP contribution in [-0.4, -0.2) is 51.1 Å². The molecule has 1 unspecified atom stereocenters. The van der Waals surface area contributed by atoms with Crippen LogP contribution in [0.1, 0.15) is 45.6 Å². The number of halogens is 9. The summed E-state index contributed by atoms with van der Waals surface area (Å²) in [5, 5.41) is -3.93. The van der Waals surface area contributed by atoms with E-state index in [9.17, 15) is 70.0 Å². The molecule has 0 aliphatic heterocycles. The van der Waals surface area contributed by atoms with Gasteiger partial charge in [-0.15, -0.1) is 0 Å². The molecule has 1 rings (SSSR count). The first-order valence-corrected chi connectivity index (χ1v) is 14.0. The lowest BCUT2D eigenvalue weighted by Crippen LogP contribution is -2.64. The van der Waals surface area contributed by atoms with E-state index in [1.807, 2.05) is 20.8 Å². The van der Waals surface area contributed by atoms with Gasteiger partial charge < -0.3 is 9.39 Å². The Labute approximate surface area is 211 Å². The summed E-state index contributed by atoms with van der Waals surface area (Å²) in [4.78, 5) is 0. The molecule has 38 heavy (non-hydrogen) atoms. The largest absolute Gasteiger partial charge is 0.759 e. The Morgan fingerprint density at radius 3 is 1.58 bits per heavy atom. The zero-order valence-corrected chi connectivity index (χ0v) is 21.9. The fourth-order valence-electron chi connectivity index (χ4n) is 2.86. The third kappa shape index (κ3) is 5.99. The van der Waals surface area contributed by atoms with E-state index in [-0.39, 0.29) is 11.3 Å². The monoisotopic (exact) mass is 632 g/mol. The van der Waals surface area contributed by atoms with Gasteiger partial charge in [-0.25, -0.2) is 16.8 Å². The van der Waals surface area contributed by atoms with Gasteiger partial charge in [0.15, 0.2) is 0 Å². The van der Waals surface area contributed by atoms with Gasteiger partial charge in [0, 0.05) is 0 Å². The Balaban J connectivity index is 3.44. The minimum absolute atomic E-state index is 0.198. The maximum Gasteiger partial charge on any atom is 0.511 e. The minimum atomic E-state index is -8.40. The molecule has 0 radical (unpaired) electrons. The molecule has 1 aromatic rings. The molecule has 0 spiro atoms. The smallest absolute Gasteiger partial charge is 0.511 e. The Morgan fingerprint density at radius 1 is 0.789 bits per heavy atom. The highest BCUT2D eigenvalue weighted by Gasteiger charge is 2.84. The van der Waals surface area contributed by atoms with E-state index in [1.54, 1.807) is 6.92 Å². The molecular formula is C17H19F9NO8S3-. The second-order valence-electron chi connectivity index (χ2n) is 9.00. The third-order valence-electron chi connectivity index (χ3n) is 4.63. The number of sulfonamides is 2. The summed E-state index contributed by atoms with van der Waals surface area (Å²) in [6, 6.07) is 3.52. The van der Waals surface area contributed by atoms with Gasteiger partial charge in [0.25, 0.3) is 10.0 Å². The molecule has 0 heterocycles. The maximum absolute atomic E-state index is 14.2. The standard InChI is InChI=1S/C17H19F9NO8S3/c1-10(9-13(2,3)4)11-5-7-12(8-6-11)35-38(33,34)16(22,23)14(18,19)15(20,21)36(29,30)27(28)37(31,32)17(24,25)26/h5-8,10H,9H2,1-4H3/q-1. The van der Waals surface area contributed by atoms with Crippen molar-refractivity contribution in [1.29, 1.82) is 0 Å². The summed E-state index contributed by atoms with van der Waals surface area (Å²) in [6.45, 7) is 7.33. The fourth-order valence-corrected chi connectivity index (χ4v) is 6.22. The predicted octanol–water partition coefficient (Wildman–Crippen LogP) is 4.74. The first-order valence-electron chi connectivity index (χ1n) is 9.68. The van der Waals surface area contributed by atoms with Crippen LogP contribution in [0.15, 0.2) is 24.3 Å². The molecule has 0 aliphatic rings. The maximum atomic E-state index is 14.2. The molecule has 21 heteroatoms. The van der Waals surface area contributed by atoms with Gasteiger partial charge in [-0.3, -0.25) is 0 Å². The molecule has 0 amide bonds. The lowest BCUT2D eigenvalue weighted by Gasteiger charge is -2.36. The third-order valence-corrected chi connectivity index (χ3v) is 9.38. The molecule has 0 fully saturated rings. The summed E-state index contributed by atoms with van der Waals surface area (Å²) in [5.74, 6) is -9.11. The molecular weight excluding hydrogens is 613 g/mol. The summed E-state index contributed by atoms with van der Waals surface area (Å²) >= 11 is 0. The molecule has 9 nitrogen and oxygen atoms in total. The van der Waals surface area contributed by atoms with Crippen LogP contribution >= 0.6 is 0 Å². The van der Waals surface area contributed by atoms with Gasteiger partial charge in [0.1, 0.15) is 5.75 Å². The molecule has 0 N–H and O–H groups in total. The summed E-state index contributed by atoms with van der Waals surface area (Å²) in [6.07, 6.45) is 0.556. The van der Waals surface area contributed by atoms with Gasteiger partial charge in [-0.1, -0.05) is 39.8 Å². The zero-order valence-electron chi connectivity index (χ0n) is 19.4. The van der Waals surface area contributed by atoms with Gasteiger partial charge in [0.2, 0.25) is 0 Å². The Kier molecular flexibility index (Phi) is 8.97. The number of rotatable bonds is 10. The van der Waals surface area contributed by atoms with E-state index in [0.717, 1.165) is 12.1 Å². The van der Waals surface area contributed by atoms with Crippen LogP contribution in [-0.2, 0) is 30.2 Å². The number of benzene rings is 1. The van der Waals surface area contributed by atoms with E-state index >= 15 is 0 Å². The van der Waals surface area contributed by atoms with Crippen molar-refractivity contribution < 1.29 is 69.0 Å². The zero-order chi connectivity index (χ0) is 30.6. The van der Waals surface area contributed by atoms with Crippen LogP contribution in [0.25, 0.3) is 0 Å². The number of hydrogen-bond donors (Lipinski definition) is 0. The molecule has 0 bridgehead atoms. The van der Waals surface area contributed by atoms with Crippen molar-refractivity contribution in [2.75, 3.05) is 0 Å². The summed E-state index contributed by atoms with van der Waals surface area (Å²) in [7, 11) is -23.6. The second-order valence-corrected chi connectivity index (χ2v) is 14.4. The Bertz CT molecular complexity index is 1340. The van der Waals surface area contributed by atoms with Crippen LogP contribution in [0.3, 0.4) is 0 Å². The number of nitrogens with zero attached hydrogens (tertiary/aromatic N) is 1. The molecule has 222 valence electrons. The van der Waals surface area contributed by atoms with Crippen molar-refractivity contribution in [2.45, 2.75) is 62.0 Å². The van der Waals surface area contributed by atoms with Crippen LogP contribution in [0, 0.1) is 10.6 Å². The van der Waals surface area contributed by atoms with Crippen LogP contribution in [0.2, 0.25) is 0 Å². The van der Waals surface area contributed by atoms with Crippen LogP contribution in [0.4, 0.5) is 39.5 Å². The van der Waals surface area contributed by atoms with Crippen molar-refractivity contribution in [1.82, 2.24) is 3.87 Å². The quantitative estimate of drug-likeness (QED) is 0.205. The second kappa shape index (κ2) is 9.97. The van der Waals surface area contributed by atoms with E-state index in [2.05, 4.69) is 4.18 Å². The Hall–Kier alpha value is -1.84. The predicted molar refractivity (Wildman–Crippen MR) is 112 cm³/mol. The summed E-state index contributed by atoms with van der Waals surface area (Å²) in [5.41, 5.74) is -6.68. The highest BCUT2D eigenvalue weighted by atomic mass is 32.3. The van der Waals surface area contributed by atoms with Crippen LogP contribution < -0.4 is 4.18 Å². The number of alkyl halides is 9. The molecule has 0 aromatic heterocycles. The van der Waals surface area contributed by atoms with Crippen LogP contribution in [0.5, 0.6) is 5.75 Å². The van der Waals surface area contributed by atoms with Crippen molar-refractivity contribution in [2.24, 2.45) is 5.41 Å². The highest BCUT2D eigenvalue weighted by molar-refractivity contribution is 8.05. The molecule has 0 aliphatic carbocycles. The first kappa shape index (κ1) is 34.2. The topological polar surface area (TPSA) is 138 Å². The Morgan fingerprint density at radius 2 is 1.21 bits per heavy atom. The normalized spacial score (nSPS) is 16.0. The van der Waals surface area contributed by atoms with Gasteiger partial charge >= 0.3 is 42.1 Å². The van der Waals surface area contributed by atoms with Gasteiger partial charge in [-0.2, -0.15) is 51.8 Å². The van der Waals surface area contributed by atoms with Crippen molar-refractivity contribution >= 4 is 30.2 Å². The number of hydrogen-bond acceptors (Lipinski definition) is 8. The van der Waals surface area contributed by atoms with E-state index < -0.39 is 61.7 Å². The van der Waals surface area contributed by atoms with E-state index in [1.165, 1.54) is 0 Å². The van der Waals surface area contributed by atoms with Crippen molar-refractivity contribution in [3.8, 4) is 5.75 Å². The molecule has 1 aromatic carbocycles. The summed E-state index contributed by atoms with van der Waals surface area (Å²) < 4.78 is 190. The molecule has 1 atom stereocenters. The van der Waals surface area contributed by atoms with E-state index in [4.69, 9.17) is 0 Å². The minimum Gasteiger partial charge on any atom is -0.759 e.